The molecule has 0 radical (unpaired) electrons. The SMILES string of the molecule is CC(=O)OC12CO[C@@H]1C[C@@H](O[C@H]1OC[C@@H](O)[C@H](O)[C@H]1O)C1(C)C(=O)[C@@H](O)C3=C(C)[C@@H](OC(=O)[C@H](O)[C@@H](NC(=O)c4ccccc4)c4ccccc4)CC(O)([C@@H](OC(=O)c4ccccc4)[C@H]21)C3(C)C. The highest BCUT2D eigenvalue weighted by Gasteiger charge is 2.78. The van der Waals surface area contributed by atoms with Gasteiger partial charge in [-0.25, -0.2) is 9.59 Å². The second-order valence-corrected chi connectivity index (χ2v) is 19.1. The zero-order chi connectivity index (χ0) is 49.1. The molecule has 2 bridgehead atoms. The van der Waals surface area contributed by atoms with Gasteiger partial charge in [-0.05, 0) is 54.8 Å². The summed E-state index contributed by atoms with van der Waals surface area (Å²) >= 11 is 0. The number of carbonyl (C=O) groups is 5. The molecule has 0 aromatic heterocycles. The molecule has 1 amide bonds. The molecule has 68 heavy (non-hydrogen) atoms. The van der Waals surface area contributed by atoms with E-state index >= 15 is 4.79 Å². The Hall–Kier alpha value is -5.41. The number of hydrogen-bond donors (Lipinski definition) is 7. The Morgan fingerprint density at radius 3 is 2.01 bits per heavy atom. The van der Waals surface area contributed by atoms with Crippen molar-refractivity contribution in [2.75, 3.05) is 13.2 Å². The third-order valence-electron chi connectivity index (χ3n) is 14.9. The Labute approximate surface area is 391 Å². The molecular formula is C50H57NO17. The molecule has 2 saturated carbocycles. The molecule has 2 aliphatic heterocycles. The van der Waals surface area contributed by atoms with Crippen molar-refractivity contribution in [3.05, 3.63) is 119 Å². The third kappa shape index (κ3) is 8.14. The second kappa shape index (κ2) is 18.5. The molecule has 3 aliphatic carbocycles. The smallest absolute Gasteiger partial charge is 0.338 e. The van der Waals surface area contributed by atoms with Crippen LogP contribution in [0, 0.1) is 16.7 Å². The lowest BCUT2D eigenvalue weighted by molar-refractivity contribution is -0.366. The van der Waals surface area contributed by atoms with Gasteiger partial charge in [-0.1, -0.05) is 80.6 Å². The van der Waals surface area contributed by atoms with E-state index in [1.165, 1.54) is 39.8 Å². The van der Waals surface area contributed by atoms with Crippen LogP contribution >= 0.6 is 0 Å². The number of fused-ring (bicyclic) bond motifs is 5. The van der Waals surface area contributed by atoms with E-state index in [1.807, 2.05) is 0 Å². The fourth-order valence-corrected chi connectivity index (χ4v) is 11.2. The number of nitrogens with one attached hydrogen (secondary N) is 1. The van der Waals surface area contributed by atoms with Crippen LogP contribution in [0.15, 0.2) is 102 Å². The number of esters is 3. The summed E-state index contributed by atoms with van der Waals surface area (Å²) in [7, 11) is 0. The van der Waals surface area contributed by atoms with Crippen molar-refractivity contribution in [2.45, 2.75) is 126 Å². The maximum Gasteiger partial charge on any atom is 0.338 e. The Morgan fingerprint density at radius 1 is 0.824 bits per heavy atom. The van der Waals surface area contributed by atoms with Crippen molar-refractivity contribution in [2.24, 2.45) is 16.7 Å². The number of carbonyl (C=O) groups excluding carboxylic acids is 5. The first kappa shape index (κ1) is 49.0. The summed E-state index contributed by atoms with van der Waals surface area (Å²) in [5.41, 5.74) is -7.60. The molecule has 4 fully saturated rings. The van der Waals surface area contributed by atoms with Crippen LogP contribution in [0.4, 0.5) is 0 Å². The van der Waals surface area contributed by atoms with Crippen LogP contribution in [0.5, 0.6) is 0 Å². The van der Waals surface area contributed by atoms with Gasteiger partial charge in [0.1, 0.15) is 48.3 Å². The van der Waals surface area contributed by atoms with Crippen LogP contribution in [0.2, 0.25) is 0 Å². The topological polar surface area (TPSA) is 274 Å². The number of ether oxygens (including phenoxy) is 6. The van der Waals surface area contributed by atoms with Crippen LogP contribution < -0.4 is 5.32 Å². The minimum absolute atomic E-state index is 0.0280. The first-order chi connectivity index (χ1) is 32.2. The Kier molecular flexibility index (Phi) is 13.3. The summed E-state index contributed by atoms with van der Waals surface area (Å²) in [5, 5.41) is 72.9. The molecule has 2 saturated heterocycles. The molecule has 3 aromatic rings. The molecule has 8 rings (SSSR count). The van der Waals surface area contributed by atoms with Crippen molar-refractivity contribution in [3.8, 4) is 0 Å². The fraction of sp³-hybridized carbons (Fsp3) is 0.500. The quantitative estimate of drug-likeness (QED) is 0.0818. The molecule has 364 valence electrons. The van der Waals surface area contributed by atoms with E-state index in [0.29, 0.717) is 5.56 Å². The monoisotopic (exact) mass is 943 g/mol. The van der Waals surface area contributed by atoms with Crippen molar-refractivity contribution in [3.63, 3.8) is 0 Å². The Morgan fingerprint density at radius 2 is 1.43 bits per heavy atom. The predicted molar refractivity (Wildman–Crippen MR) is 235 cm³/mol. The van der Waals surface area contributed by atoms with Crippen molar-refractivity contribution in [1.29, 1.82) is 0 Å². The van der Waals surface area contributed by atoms with E-state index in [1.54, 1.807) is 78.9 Å². The normalized spacial score (nSPS) is 36.0. The van der Waals surface area contributed by atoms with Gasteiger partial charge in [0.25, 0.3) is 5.91 Å². The molecule has 7 N–H and O–H groups in total. The van der Waals surface area contributed by atoms with E-state index < -0.39 is 138 Å². The van der Waals surface area contributed by atoms with Gasteiger partial charge >= 0.3 is 17.9 Å². The van der Waals surface area contributed by atoms with E-state index in [-0.39, 0.29) is 35.3 Å². The number of rotatable bonds is 11. The average Bonchev–Trinajstić information content (AvgIpc) is 3.31. The second-order valence-electron chi connectivity index (χ2n) is 19.1. The predicted octanol–water partition coefficient (Wildman–Crippen LogP) is 1.63. The van der Waals surface area contributed by atoms with Crippen LogP contribution in [-0.4, -0.2) is 146 Å². The summed E-state index contributed by atoms with van der Waals surface area (Å²) in [4.78, 5) is 71.3. The van der Waals surface area contributed by atoms with Crippen molar-refractivity contribution < 1.29 is 83.0 Å². The summed E-state index contributed by atoms with van der Waals surface area (Å²) in [5.74, 6) is -6.29. The lowest BCUT2D eigenvalue weighted by Crippen LogP contribution is -2.82. The van der Waals surface area contributed by atoms with Gasteiger partial charge in [0.2, 0.25) is 0 Å². The molecule has 5 aliphatic rings. The number of aliphatic hydroxyl groups is 6. The molecule has 0 spiro atoms. The fourth-order valence-electron chi connectivity index (χ4n) is 11.2. The maximum absolute atomic E-state index is 15.7. The van der Waals surface area contributed by atoms with Crippen molar-refractivity contribution in [1.82, 2.24) is 5.32 Å². The Balaban J connectivity index is 1.26. The molecule has 2 heterocycles. The zero-order valence-electron chi connectivity index (χ0n) is 38.1. The highest BCUT2D eigenvalue weighted by molar-refractivity contribution is 5.95. The number of aliphatic hydroxyl groups excluding tert-OH is 5. The minimum Gasteiger partial charge on any atom is -0.456 e. The van der Waals surface area contributed by atoms with Gasteiger partial charge in [-0.2, -0.15) is 0 Å². The number of benzene rings is 3. The highest BCUT2D eigenvalue weighted by atomic mass is 16.7. The number of ketones is 1. The largest absolute Gasteiger partial charge is 0.456 e. The highest BCUT2D eigenvalue weighted by Crippen LogP contribution is 2.65. The number of amides is 1. The zero-order valence-corrected chi connectivity index (χ0v) is 38.1. The number of Topliss-reactive ketones (excluding diaryl/α,β-unsaturated/α-hetero) is 1. The van der Waals surface area contributed by atoms with E-state index in [9.17, 15) is 49.8 Å². The average molecular weight is 944 g/mol. The molecule has 15 atom stereocenters. The number of hydrogen-bond acceptors (Lipinski definition) is 17. The van der Waals surface area contributed by atoms with Crippen molar-refractivity contribution >= 4 is 29.6 Å². The summed E-state index contributed by atoms with van der Waals surface area (Å²) in [6.07, 6.45) is -17.8. The first-order valence-corrected chi connectivity index (χ1v) is 22.5. The van der Waals surface area contributed by atoms with E-state index in [0.717, 1.165) is 6.92 Å². The van der Waals surface area contributed by atoms with Crippen LogP contribution in [0.25, 0.3) is 0 Å². The maximum atomic E-state index is 15.7. The molecule has 18 nitrogen and oxygen atoms in total. The van der Waals surface area contributed by atoms with E-state index in [2.05, 4.69) is 5.32 Å². The van der Waals surface area contributed by atoms with Gasteiger partial charge < -0.3 is 64.4 Å². The van der Waals surface area contributed by atoms with Crippen LogP contribution in [-0.2, 0) is 42.8 Å². The van der Waals surface area contributed by atoms with E-state index in [4.69, 9.17) is 28.4 Å². The summed E-state index contributed by atoms with van der Waals surface area (Å²) in [6, 6.07) is 22.7. The minimum atomic E-state index is -2.47. The molecule has 3 aromatic carbocycles. The molecular weight excluding hydrogens is 887 g/mol. The lowest BCUT2D eigenvalue weighted by Gasteiger charge is -2.68. The van der Waals surface area contributed by atoms with Gasteiger partial charge in [-0.15, -0.1) is 0 Å². The lowest BCUT2D eigenvalue weighted by atomic mass is 9.44. The van der Waals surface area contributed by atoms with Crippen LogP contribution in [0.1, 0.15) is 79.8 Å². The van der Waals surface area contributed by atoms with Gasteiger partial charge in [0.05, 0.1) is 42.3 Å². The molecule has 18 heteroatoms. The molecule has 3 unspecified atom stereocenters. The first-order valence-electron chi connectivity index (χ1n) is 22.5. The van der Waals surface area contributed by atoms with Crippen LogP contribution in [0.3, 0.4) is 0 Å². The Bertz CT molecular complexity index is 2430. The summed E-state index contributed by atoms with van der Waals surface area (Å²) < 4.78 is 36.8. The summed E-state index contributed by atoms with van der Waals surface area (Å²) in [6.45, 7) is 6.21. The van der Waals surface area contributed by atoms with Gasteiger partial charge in [0, 0.05) is 30.7 Å². The standard InChI is InChI=1S/C50H57NO17/c1-25-31(65-45(61)38(56)35(27-15-9-6-10-16-27)51-43(59)28-17-11-7-12-18-28)22-50(62)42(67-44(60)29-19-13-8-14-20-29)40-48(5,41(58)37(55)34(25)47(50,3)4)32(21-33-49(40,24-64-33)68-26(2)52)66-46-39(57)36(54)30(53)23-63-46/h6-20,30-33,35-40,42,46,53-57,62H,21-24H2,1-5H3,(H,51,59)/t30-,31+,32-,33-,35+,36+,37+,38-,39-,40+,42+,46-,48?,49?,50?/m1/s1. The van der Waals surface area contributed by atoms with Gasteiger partial charge in [-0.3, -0.25) is 14.4 Å². The third-order valence-corrected chi connectivity index (χ3v) is 14.9. The van der Waals surface area contributed by atoms with Gasteiger partial charge in [0.15, 0.2) is 23.8 Å².